The Morgan fingerprint density at radius 1 is 0.980 bits per heavy atom. The highest BCUT2D eigenvalue weighted by atomic mass is 32.2. The lowest BCUT2D eigenvalue weighted by Gasteiger charge is -2.46. The third kappa shape index (κ3) is 7.30. The fourth-order valence-electron chi connectivity index (χ4n) is 7.47. The average Bonchev–Trinajstić information content (AvgIpc) is 3.49. The first kappa shape index (κ1) is 34.8. The Balaban J connectivity index is 1.05. The fraction of sp³-hybridized carbons (Fsp3) is 0.421. The topological polar surface area (TPSA) is 100 Å². The van der Waals surface area contributed by atoms with Crippen molar-refractivity contribution in [1.82, 2.24) is 25.1 Å². The lowest BCUT2D eigenvalue weighted by molar-refractivity contribution is 0.0543. The van der Waals surface area contributed by atoms with Crippen LogP contribution in [-0.4, -0.2) is 88.2 Å². The summed E-state index contributed by atoms with van der Waals surface area (Å²) in [6.07, 6.45) is 4.42. The second-order valence-corrected chi connectivity index (χ2v) is 15.1. The second kappa shape index (κ2) is 14.8. The van der Waals surface area contributed by atoms with Gasteiger partial charge in [0.15, 0.2) is 0 Å². The molecule has 0 spiro atoms. The molecular weight excluding hydrogens is 637 g/mol. The van der Waals surface area contributed by atoms with Crippen molar-refractivity contribution in [1.29, 1.82) is 0 Å². The van der Waals surface area contributed by atoms with Crippen molar-refractivity contribution >= 4 is 15.7 Å². The largest absolute Gasteiger partial charge is 0.497 e. The van der Waals surface area contributed by atoms with Crippen molar-refractivity contribution in [3.63, 3.8) is 0 Å². The zero-order valence-electron chi connectivity index (χ0n) is 29.2. The summed E-state index contributed by atoms with van der Waals surface area (Å²) in [5.74, 6) is 1.69. The van der Waals surface area contributed by atoms with Crippen LogP contribution in [0.25, 0.3) is 0 Å². The van der Waals surface area contributed by atoms with Crippen LogP contribution in [0.5, 0.6) is 11.6 Å². The fourth-order valence-corrected chi connectivity index (χ4v) is 9.57. The summed E-state index contributed by atoms with van der Waals surface area (Å²) < 4.78 is 41.7. The van der Waals surface area contributed by atoms with Crippen LogP contribution in [0.4, 0.5) is 5.69 Å². The van der Waals surface area contributed by atoms with E-state index in [1.165, 1.54) is 9.87 Å². The Morgan fingerprint density at radius 2 is 1.67 bits per heavy atom. The van der Waals surface area contributed by atoms with E-state index in [-0.39, 0.29) is 12.1 Å². The quantitative estimate of drug-likeness (QED) is 0.196. The number of sulfonamides is 1. The highest BCUT2D eigenvalue weighted by molar-refractivity contribution is 7.93. The summed E-state index contributed by atoms with van der Waals surface area (Å²) in [4.78, 5) is 14.3. The van der Waals surface area contributed by atoms with Gasteiger partial charge < -0.3 is 19.7 Å². The minimum Gasteiger partial charge on any atom is -0.497 e. The van der Waals surface area contributed by atoms with E-state index in [0.717, 1.165) is 44.6 Å². The van der Waals surface area contributed by atoms with Crippen LogP contribution >= 0.6 is 0 Å². The number of likely N-dealkylation sites (tertiary alicyclic amines) is 1. The third-order valence-corrected chi connectivity index (χ3v) is 12.2. The van der Waals surface area contributed by atoms with Gasteiger partial charge in [0, 0.05) is 44.0 Å². The van der Waals surface area contributed by atoms with Gasteiger partial charge in [-0.05, 0) is 87.7 Å². The molecule has 0 aliphatic carbocycles. The molecule has 0 amide bonds. The van der Waals surface area contributed by atoms with Crippen LogP contribution in [0, 0.1) is 13.8 Å². The van der Waals surface area contributed by atoms with Gasteiger partial charge in [-0.25, -0.2) is 13.4 Å². The Bertz CT molecular complexity index is 1820. The number of aryl methyl sites for hydroxylation is 2. The van der Waals surface area contributed by atoms with Gasteiger partial charge in [0.25, 0.3) is 10.0 Å². The molecule has 2 aliphatic heterocycles. The number of hydrogen-bond donors (Lipinski definition) is 1. The van der Waals surface area contributed by atoms with E-state index < -0.39 is 16.1 Å². The molecule has 49 heavy (non-hydrogen) atoms. The molecule has 1 fully saturated rings. The number of nitrogens with zero attached hydrogens (tertiary/aromatic N) is 5. The average molecular weight is 685 g/mol. The molecule has 3 heterocycles. The lowest BCUT2D eigenvalue weighted by atomic mass is 9.80. The maximum Gasteiger partial charge on any atom is 0.265 e. The van der Waals surface area contributed by atoms with E-state index in [1.54, 1.807) is 45.4 Å². The minimum absolute atomic E-state index is 0.0789. The van der Waals surface area contributed by atoms with Crippen LogP contribution in [0.1, 0.15) is 40.9 Å². The van der Waals surface area contributed by atoms with Crippen molar-refractivity contribution in [2.45, 2.75) is 56.1 Å². The SMILES string of the molecule is COc1cc(C)c(S(=O)(=O)N2c3ccccc3C[C@H]2COc2ccnc(CNCCN3CCC(c4ccccc4)(N(C)C)CC3)n2)c(C)c1. The van der Waals surface area contributed by atoms with Gasteiger partial charge in [0.2, 0.25) is 5.88 Å². The van der Waals surface area contributed by atoms with E-state index in [0.29, 0.717) is 52.1 Å². The number of ether oxygens (including phenoxy) is 2. The summed E-state index contributed by atoms with van der Waals surface area (Å²) in [5, 5.41) is 3.50. The van der Waals surface area contributed by atoms with Gasteiger partial charge in [-0.1, -0.05) is 48.5 Å². The first-order valence-electron chi connectivity index (χ1n) is 17.0. The first-order chi connectivity index (χ1) is 23.6. The minimum atomic E-state index is -3.90. The van der Waals surface area contributed by atoms with Crippen LogP contribution in [-0.2, 0) is 28.5 Å². The summed E-state index contributed by atoms with van der Waals surface area (Å²) >= 11 is 0. The van der Waals surface area contributed by atoms with Gasteiger partial charge >= 0.3 is 0 Å². The van der Waals surface area contributed by atoms with E-state index in [4.69, 9.17) is 9.47 Å². The van der Waals surface area contributed by atoms with Gasteiger partial charge in [0.05, 0.1) is 30.3 Å². The standard InChI is InChI=1S/C38H48N6O4S/c1-28-23-33(47-5)24-29(2)37(28)49(45,46)44-32(25-30-11-9-10-14-34(30)44)27-48-36-15-18-40-35(41-36)26-39-19-22-43-20-16-38(17-21-43,42(3)4)31-12-7-6-8-13-31/h6-15,18,23-24,32,39H,16-17,19-22,25-27H2,1-5H3/t32-/m0/s1. The molecule has 4 aromatic rings. The number of anilines is 1. The zero-order chi connectivity index (χ0) is 34.6. The number of aromatic nitrogens is 2. The monoisotopic (exact) mass is 684 g/mol. The van der Waals surface area contributed by atoms with Crippen molar-refractivity contribution in [3.05, 3.63) is 107 Å². The molecule has 260 valence electrons. The molecule has 11 heteroatoms. The number of rotatable bonds is 13. The van der Waals surface area contributed by atoms with Crippen molar-refractivity contribution in [2.24, 2.45) is 0 Å². The van der Waals surface area contributed by atoms with Crippen LogP contribution in [0.2, 0.25) is 0 Å². The predicted octanol–water partition coefficient (Wildman–Crippen LogP) is 4.94. The molecule has 0 bridgehead atoms. The van der Waals surface area contributed by atoms with Crippen LogP contribution < -0.4 is 19.1 Å². The molecule has 6 rings (SSSR count). The predicted molar refractivity (Wildman–Crippen MR) is 193 cm³/mol. The number of piperidine rings is 1. The van der Waals surface area contributed by atoms with Gasteiger partial charge in [-0.3, -0.25) is 9.21 Å². The van der Waals surface area contributed by atoms with E-state index in [2.05, 4.69) is 69.5 Å². The van der Waals surface area contributed by atoms with Crippen LogP contribution in [0.15, 0.2) is 83.9 Å². The Morgan fingerprint density at radius 3 is 2.37 bits per heavy atom. The number of nitrogens with one attached hydrogen (secondary N) is 1. The molecule has 1 saturated heterocycles. The maximum atomic E-state index is 14.3. The number of hydrogen-bond acceptors (Lipinski definition) is 9. The number of fused-ring (bicyclic) bond motifs is 1. The van der Waals surface area contributed by atoms with Gasteiger partial charge in [-0.2, -0.15) is 4.98 Å². The summed E-state index contributed by atoms with van der Waals surface area (Å²) in [6, 6.07) is 23.3. The molecule has 0 unspecified atom stereocenters. The van der Waals surface area contributed by atoms with E-state index in [1.807, 2.05) is 24.3 Å². The first-order valence-corrected chi connectivity index (χ1v) is 18.4. The summed E-state index contributed by atoms with van der Waals surface area (Å²) in [5.41, 5.74) is 4.41. The molecule has 1 aromatic heterocycles. The molecule has 0 radical (unpaired) electrons. The Hall–Kier alpha value is -4.03. The van der Waals surface area contributed by atoms with Gasteiger partial charge in [0.1, 0.15) is 18.2 Å². The van der Waals surface area contributed by atoms with Crippen molar-refractivity contribution < 1.29 is 17.9 Å². The number of benzene rings is 3. The third-order valence-electron chi connectivity index (χ3n) is 10.0. The smallest absolute Gasteiger partial charge is 0.265 e. The molecule has 1 N–H and O–H groups in total. The molecule has 3 aromatic carbocycles. The normalized spacial score (nSPS) is 17.7. The highest BCUT2D eigenvalue weighted by Gasteiger charge is 2.40. The summed E-state index contributed by atoms with van der Waals surface area (Å²) in [7, 11) is 2.06. The van der Waals surface area contributed by atoms with E-state index in [9.17, 15) is 8.42 Å². The molecular formula is C38H48N6O4S. The molecule has 1 atom stereocenters. The maximum absolute atomic E-state index is 14.3. The summed E-state index contributed by atoms with van der Waals surface area (Å²) in [6.45, 7) is 8.15. The van der Waals surface area contributed by atoms with Crippen LogP contribution in [0.3, 0.4) is 0 Å². The molecule has 2 aliphatic rings. The van der Waals surface area contributed by atoms with Gasteiger partial charge in [-0.15, -0.1) is 0 Å². The zero-order valence-corrected chi connectivity index (χ0v) is 30.0. The highest BCUT2D eigenvalue weighted by Crippen LogP contribution is 2.40. The lowest BCUT2D eigenvalue weighted by Crippen LogP contribution is -2.51. The number of methoxy groups -OCH3 is 1. The molecule has 0 saturated carbocycles. The molecule has 10 nitrogen and oxygen atoms in total. The van der Waals surface area contributed by atoms with Crippen molar-refractivity contribution in [3.8, 4) is 11.6 Å². The Labute approximate surface area is 291 Å². The Kier molecular flexibility index (Phi) is 10.5. The van der Waals surface area contributed by atoms with E-state index >= 15 is 0 Å². The van der Waals surface area contributed by atoms with Crippen molar-refractivity contribution in [2.75, 3.05) is 58.3 Å². The number of para-hydroxylation sites is 1. The second-order valence-electron chi connectivity index (χ2n) is 13.3.